The van der Waals surface area contributed by atoms with Crippen molar-refractivity contribution in [1.29, 1.82) is 0 Å². The summed E-state index contributed by atoms with van der Waals surface area (Å²) in [5, 5.41) is 10.4. The van der Waals surface area contributed by atoms with Crippen molar-refractivity contribution in [2.75, 3.05) is 23.3 Å². The Kier molecular flexibility index (Phi) is 5.84. The number of carbonyl (C=O) groups excluding carboxylic acids is 1. The molecule has 148 valence electrons. The Morgan fingerprint density at radius 1 is 1.14 bits per heavy atom. The van der Waals surface area contributed by atoms with Crippen LogP contribution in [0.2, 0.25) is 0 Å². The molecule has 28 heavy (non-hydrogen) atoms. The third-order valence-corrected chi connectivity index (χ3v) is 5.47. The molecule has 2 aromatic rings. The van der Waals surface area contributed by atoms with E-state index in [0.29, 0.717) is 5.92 Å². The van der Waals surface area contributed by atoms with Crippen LogP contribution in [0.3, 0.4) is 0 Å². The maximum Gasteiger partial charge on any atom is 0.320 e. The number of hydrogen-bond donors (Lipinski definition) is 2. The SMILES string of the molecule is O=C(Nc1ccnn1CC1CC=CCC1)NC1CCN(c2cnccn2)CC1. The van der Waals surface area contributed by atoms with E-state index < -0.39 is 0 Å². The molecule has 8 heteroatoms. The summed E-state index contributed by atoms with van der Waals surface area (Å²) >= 11 is 0. The number of hydrogen-bond acceptors (Lipinski definition) is 5. The first-order chi connectivity index (χ1) is 13.8. The third-order valence-electron chi connectivity index (χ3n) is 5.47. The number of carbonyl (C=O) groups is 1. The molecule has 0 spiro atoms. The minimum atomic E-state index is -0.164. The van der Waals surface area contributed by atoms with Crippen molar-refractivity contribution >= 4 is 17.7 Å². The van der Waals surface area contributed by atoms with Crippen LogP contribution in [-0.2, 0) is 6.54 Å². The summed E-state index contributed by atoms with van der Waals surface area (Å²) in [7, 11) is 0. The van der Waals surface area contributed by atoms with Crippen LogP contribution >= 0.6 is 0 Å². The number of allylic oxidation sites excluding steroid dienone is 2. The van der Waals surface area contributed by atoms with E-state index in [0.717, 1.165) is 57.0 Å². The van der Waals surface area contributed by atoms with Gasteiger partial charge in [-0.25, -0.2) is 14.5 Å². The Morgan fingerprint density at radius 3 is 2.79 bits per heavy atom. The monoisotopic (exact) mass is 381 g/mol. The fourth-order valence-corrected chi connectivity index (χ4v) is 3.90. The maximum absolute atomic E-state index is 12.5. The van der Waals surface area contributed by atoms with Gasteiger partial charge in [0.1, 0.15) is 11.6 Å². The zero-order valence-electron chi connectivity index (χ0n) is 16.0. The van der Waals surface area contributed by atoms with Gasteiger partial charge in [0.25, 0.3) is 0 Å². The fraction of sp³-hybridized carbons (Fsp3) is 0.500. The van der Waals surface area contributed by atoms with Gasteiger partial charge >= 0.3 is 6.03 Å². The number of piperidine rings is 1. The van der Waals surface area contributed by atoms with Crippen molar-refractivity contribution in [2.24, 2.45) is 5.92 Å². The van der Waals surface area contributed by atoms with Crippen LogP contribution in [0.25, 0.3) is 0 Å². The molecule has 1 saturated heterocycles. The molecular weight excluding hydrogens is 354 g/mol. The number of nitrogens with zero attached hydrogens (tertiary/aromatic N) is 5. The second-order valence-corrected chi connectivity index (χ2v) is 7.47. The molecule has 1 aliphatic heterocycles. The van der Waals surface area contributed by atoms with E-state index in [-0.39, 0.29) is 12.1 Å². The minimum Gasteiger partial charge on any atom is -0.355 e. The summed E-state index contributed by atoms with van der Waals surface area (Å²) in [6, 6.07) is 1.85. The topological polar surface area (TPSA) is 88.0 Å². The fourth-order valence-electron chi connectivity index (χ4n) is 3.90. The first-order valence-corrected chi connectivity index (χ1v) is 10.0. The van der Waals surface area contributed by atoms with Crippen molar-refractivity contribution in [1.82, 2.24) is 25.1 Å². The molecule has 2 N–H and O–H groups in total. The van der Waals surface area contributed by atoms with Crippen LogP contribution in [0.15, 0.2) is 43.0 Å². The van der Waals surface area contributed by atoms with Gasteiger partial charge in [-0.1, -0.05) is 12.2 Å². The highest BCUT2D eigenvalue weighted by Gasteiger charge is 2.22. The first kappa shape index (κ1) is 18.5. The van der Waals surface area contributed by atoms with Crippen LogP contribution in [0, 0.1) is 5.92 Å². The quantitative estimate of drug-likeness (QED) is 0.778. The number of aromatic nitrogens is 4. The molecule has 2 amide bonds. The molecule has 1 fully saturated rings. The molecule has 1 unspecified atom stereocenters. The Labute approximate surface area is 165 Å². The summed E-state index contributed by atoms with van der Waals surface area (Å²) < 4.78 is 1.90. The second kappa shape index (κ2) is 8.86. The van der Waals surface area contributed by atoms with E-state index in [1.165, 1.54) is 6.42 Å². The molecule has 2 aromatic heterocycles. The van der Waals surface area contributed by atoms with E-state index in [9.17, 15) is 4.79 Å². The molecular formula is C20H27N7O. The Bertz CT molecular complexity index is 796. The van der Waals surface area contributed by atoms with Crippen molar-refractivity contribution in [3.05, 3.63) is 43.0 Å². The number of nitrogens with one attached hydrogen (secondary N) is 2. The lowest BCUT2D eigenvalue weighted by Gasteiger charge is -2.32. The van der Waals surface area contributed by atoms with Gasteiger partial charge in [0.2, 0.25) is 0 Å². The van der Waals surface area contributed by atoms with E-state index >= 15 is 0 Å². The largest absolute Gasteiger partial charge is 0.355 e. The Hall–Kier alpha value is -2.90. The van der Waals surface area contributed by atoms with Gasteiger partial charge in [-0.05, 0) is 38.0 Å². The van der Waals surface area contributed by atoms with Gasteiger partial charge in [-0.3, -0.25) is 10.3 Å². The maximum atomic E-state index is 12.5. The van der Waals surface area contributed by atoms with Crippen molar-refractivity contribution in [2.45, 2.75) is 44.7 Å². The first-order valence-electron chi connectivity index (χ1n) is 10.0. The van der Waals surface area contributed by atoms with Crippen molar-refractivity contribution in [3.63, 3.8) is 0 Å². The molecule has 0 aromatic carbocycles. The summed E-state index contributed by atoms with van der Waals surface area (Å²) in [6.45, 7) is 2.55. The standard InChI is InChI=1S/C20H27N7O/c28-20(24-17-7-12-26(13-8-17)19-14-21-10-11-22-19)25-18-6-9-23-27(18)15-16-4-2-1-3-5-16/h1-2,6,9-11,14,16-17H,3-5,7-8,12-13,15H2,(H2,24,25,28). The Morgan fingerprint density at radius 2 is 2.04 bits per heavy atom. The predicted octanol–water partition coefficient (Wildman–Crippen LogP) is 2.82. The lowest BCUT2D eigenvalue weighted by molar-refractivity contribution is 0.245. The molecule has 3 heterocycles. The van der Waals surface area contributed by atoms with Gasteiger partial charge in [-0.2, -0.15) is 5.10 Å². The zero-order chi connectivity index (χ0) is 19.2. The van der Waals surface area contributed by atoms with E-state index in [1.807, 2.05) is 10.7 Å². The van der Waals surface area contributed by atoms with Crippen LogP contribution in [0.4, 0.5) is 16.4 Å². The molecule has 0 bridgehead atoms. The van der Waals surface area contributed by atoms with E-state index in [4.69, 9.17) is 0 Å². The molecule has 0 saturated carbocycles. The number of urea groups is 1. The second-order valence-electron chi connectivity index (χ2n) is 7.47. The van der Waals surface area contributed by atoms with Crippen LogP contribution in [0.5, 0.6) is 0 Å². The van der Waals surface area contributed by atoms with Crippen LogP contribution in [0.1, 0.15) is 32.1 Å². The minimum absolute atomic E-state index is 0.160. The number of amides is 2. The van der Waals surface area contributed by atoms with E-state index in [2.05, 4.69) is 42.8 Å². The number of rotatable bonds is 5. The smallest absolute Gasteiger partial charge is 0.320 e. The van der Waals surface area contributed by atoms with Crippen LogP contribution < -0.4 is 15.5 Å². The predicted molar refractivity (Wildman–Crippen MR) is 108 cm³/mol. The molecule has 2 aliphatic rings. The summed E-state index contributed by atoms with van der Waals surface area (Å²) in [5.41, 5.74) is 0. The van der Waals surface area contributed by atoms with Gasteiger partial charge < -0.3 is 10.2 Å². The highest BCUT2D eigenvalue weighted by Crippen LogP contribution is 2.21. The van der Waals surface area contributed by atoms with Gasteiger partial charge in [-0.15, -0.1) is 0 Å². The average Bonchev–Trinajstić information content (AvgIpc) is 3.16. The van der Waals surface area contributed by atoms with E-state index in [1.54, 1.807) is 24.8 Å². The average molecular weight is 381 g/mol. The lowest BCUT2D eigenvalue weighted by Crippen LogP contribution is -2.46. The number of anilines is 2. The molecule has 0 radical (unpaired) electrons. The normalized spacial score (nSPS) is 20.1. The summed E-state index contributed by atoms with van der Waals surface area (Å²) in [5.74, 6) is 2.23. The summed E-state index contributed by atoms with van der Waals surface area (Å²) in [4.78, 5) is 23.1. The molecule has 8 nitrogen and oxygen atoms in total. The molecule has 4 rings (SSSR count). The summed E-state index contributed by atoms with van der Waals surface area (Å²) in [6.07, 6.45) is 16.5. The molecule has 1 atom stereocenters. The van der Waals surface area contributed by atoms with Gasteiger partial charge in [0.05, 0.1) is 12.4 Å². The van der Waals surface area contributed by atoms with Crippen molar-refractivity contribution < 1.29 is 4.79 Å². The lowest BCUT2D eigenvalue weighted by atomic mass is 9.94. The highest BCUT2D eigenvalue weighted by atomic mass is 16.2. The Balaban J connectivity index is 1.25. The third kappa shape index (κ3) is 4.68. The highest BCUT2D eigenvalue weighted by molar-refractivity contribution is 5.88. The van der Waals surface area contributed by atoms with Crippen LogP contribution in [-0.4, -0.2) is 44.9 Å². The van der Waals surface area contributed by atoms with Gasteiger partial charge in [0, 0.05) is 44.1 Å². The zero-order valence-corrected chi connectivity index (χ0v) is 16.0. The van der Waals surface area contributed by atoms with Crippen molar-refractivity contribution in [3.8, 4) is 0 Å². The van der Waals surface area contributed by atoms with Gasteiger partial charge in [0.15, 0.2) is 0 Å². The molecule has 1 aliphatic carbocycles.